The Hall–Kier alpha value is -2.47. The first-order valence-electron chi connectivity index (χ1n) is 6.57. The van der Waals surface area contributed by atoms with Crippen LogP contribution in [-0.4, -0.2) is 16.0 Å². The Kier molecular flexibility index (Phi) is 4.07. The van der Waals surface area contributed by atoms with Crippen molar-refractivity contribution < 1.29 is 4.79 Å². The van der Waals surface area contributed by atoms with Crippen molar-refractivity contribution in [1.29, 1.82) is 0 Å². The maximum absolute atomic E-state index is 11.7. The summed E-state index contributed by atoms with van der Waals surface area (Å²) in [6, 6.07) is 13.3. The number of para-hydroxylation sites is 1. The first kappa shape index (κ1) is 13.5. The molecule has 0 bridgehead atoms. The smallest absolute Gasteiger partial charge is 0.315 e. The number of hydrogen-bond donors (Lipinski definition) is 2. The van der Waals surface area contributed by atoms with Crippen LogP contribution in [0.2, 0.25) is 0 Å². The normalized spacial score (nSPS) is 10.5. The van der Waals surface area contributed by atoms with E-state index in [0.717, 1.165) is 20.9 Å². The van der Waals surface area contributed by atoms with Gasteiger partial charge >= 0.3 is 6.03 Å². The zero-order chi connectivity index (χ0) is 14.5. The second-order valence-corrected chi connectivity index (χ2v) is 5.55. The molecule has 0 spiro atoms. The van der Waals surface area contributed by atoms with Crippen molar-refractivity contribution in [2.45, 2.75) is 13.1 Å². The van der Waals surface area contributed by atoms with Crippen molar-refractivity contribution in [2.24, 2.45) is 0 Å². The zero-order valence-electron chi connectivity index (χ0n) is 11.2. The van der Waals surface area contributed by atoms with Crippen LogP contribution >= 0.6 is 11.3 Å². The van der Waals surface area contributed by atoms with Gasteiger partial charge in [0.1, 0.15) is 5.01 Å². The van der Waals surface area contributed by atoms with E-state index in [1.54, 1.807) is 17.5 Å². The zero-order valence-corrected chi connectivity index (χ0v) is 12.1. The third kappa shape index (κ3) is 3.55. The molecule has 0 radical (unpaired) electrons. The van der Waals surface area contributed by atoms with E-state index in [-0.39, 0.29) is 6.03 Å². The van der Waals surface area contributed by atoms with Gasteiger partial charge in [0.15, 0.2) is 0 Å². The summed E-state index contributed by atoms with van der Waals surface area (Å²) in [6.45, 7) is 0.833. The third-order valence-corrected chi connectivity index (χ3v) is 3.93. The molecule has 0 atom stereocenters. The molecule has 0 saturated carbocycles. The van der Waals surface area contributed by atoms with Gasteiger partial charge in [0.2, 0.25) is 0 Å². The minimum Gasteiger partial charge on any atom is -0.333 e. The van der Waals surface area contributed by atoms with E-state index in [2.05, 4.69) is 20.6 Å². The quantitative estimate of drug-likeness (QED) is 0.778. The van der Waals surface area contributed by atoms with Crippen molar-refractivity contribution in [1.82, 2.24) is 20.6 Å². The maximum Gasteiger partial charge on any atom is 0.315 e. The number of carbonyl (C=O) groups is 1. The Morgan fingerprint density at radius 2 is 1.86 bits per heavy atom. The van der Waals surface area contributed by atoms with E-state index >= 15 is 0 Å². The molecule has 3 aromatic rings. The van der Waals surface area contributed by atoms with Gasteiger partial charge in [0.05, 0.1) is 29.0 Å². The highest BCUT2D eigenvalue weighted by atomic mass is 32.1. The van der Waals surface area contributed by atoms with E-state index in [1.165, 1.54) is 0 Å². The molecule has 3 rings (SSSR count). The van der Waals surface area contributed by atoms with Crippen molar-refractivity contribution in [2.75, 3.05) is 0 Å². The summed E-state index contributed by atoms with van der Waals surface area (Å²) in [5.41, 5.74) is 1.79. The third-order valence-electron chi connectivity index (χ3n) is 2.89. The minimum atomic E-state index is -0.222. The van der Waals surface area contributed by atoms with Crippen molar-refractivity contribution in [3.8, 4) is 0 Å². The lowest BCUT2D eigenvalue weighted by Gasteiger charge is -2.05. The fraction of sp³-hybridized carbons (Fsp3) is 0.133. The number of thiazole rings is 1. The van der Waals surface area contributed by atoms with Gasteiger partial charge < -0.3 is 10.6 Å². The lowest BCUT2D eigenvalue weighted by molar-refractivity contribution is 0.240. The second-order valence-electron chi connectivity index (χ2n) is 4.43. The number of urea groups is 1. The number of nitrogens with zero attached hydrogens (tertiary/aromatic N) is 2. The number of hydrogen-bond acceptors (Lipinski definition) is 4. The van der Waals surface area contributed by atoms with Crippen LogP contribution in [0.1, 0.15) is 10.7 Å². The molecule has 0 unspecified atom stereocenters. The van der Waals surface area contributed by atoms with Gasteiger partial charge in [0, 0.05) is 6.20 Å². The number of aromatic nitrogens is 2. The van der Waals surface area contributed by atoms with Gasteiger partial charge in [-0.25, -0.2) is 9.78 Å². The highest BCUT2D eigenvalue weighted by Gasteiger charge is 2.05. The SMILES string of the molecule is O=C(NCc1ccccn1)NCc1nc2ccccc2s1. The van der Waals surface area contributed by atoms with Gasteiger partial charge in [-0.1, -0.05) is 18.2 Å². The Bertz CT molecular complexity index is 709. The molecule has 0 fully saturated rings. The monoisotopic (exact) mass is 298 g/mol. The minimum absolute atomic E-state index is 0.222. The van der Waals surface area contributed by atoms with Gasteiger partial charge in [-0.3, -0.25) is 4.98 Å². The molecule has 0 saturated heterocycles. The van der Waals surface area contributed by atoms with E-state index in [4.69, 9.17) is 0 Å². The molecule has 2 N–H and O–H groups in total. The van der Waals surface area contributed by atoms with Crippen LogP contribution in [0, 0.1) is 0 Å². The first-order valence-corrected chi connectivity index (χ1v) is 7.39. The Labute approximate surface area is 126 Å². The van der Waals surface area contributed by atoms with Crippen LogP contribution in [0.5, 0.6) is 0 Å². The molecule has 0 aliphatic heterocycles. The Morgan fingerprint density at radius 3 is 2.67 bits per heavy atom. The number of amides is 2. The number of nitrogens with one attached hydrogen (secondary N) is 2. The number of benzene rings is 1. The molecule has 2 aromatic heterocycles. The van der Waals surface area contributed by atoms with Gasteiger partial charge in [-0.15, -0.1) is 11.3 Å². The summed E-state index contributed by atoms with van der Waals surface area (Å²) in [5.74, 6) is 0. The van der Waals surface area contributed by atoms with Crippen LogP contribution in [0.3, 0.4) is 0 Å². The molecule has 0 aliphatic rings. The molecular weight excluding hydrogens is 284 g/mol. The largest absolute Gasteiger partial charge is 0.333 e. The van der Waals surface area contributed by atoms with E-state index in [1.807, 2.05) is 42.5 Å². The van der Waals surface area contributed by atoms with Crippen LogP contribution in [0.25, 0.3) is 10.2 Å². The van der Waals surface area contributed by atoms with Crippen molar-refractivity contribution >= 4 is 27.6 Å². The molecule has 0 aliphatic carbocycles. The van der Waals surface area contributed by atoms with Crippen molar-refractivity contribution in [3.05, 3.63) is 59.4 Å². The Morgan fingerprint density at radius 1 is 1.05 bits per heavy atom. The number of fused-ring (bicyclic) bond motifs is 1. The molecule has 1 aromatic carbocycles. The number of rotatable bonds is 4. The van der Waals surface area contributed by atoms with Gasteiger partial charge in [-0.05, 0) is 24.3 Å². The van der Waals surface area contributed by atoms with E-state index in [9.17, 15) is 4.79 Å². The summed E-state index contributed by atoms with van der Waals surface area (Å²) in [7, 11) is 0. The lowest BCUT2D eigenvalue weighted by Crippen LogP contribution is -2.34. The number of carbonyl (C=O) groups excluding carboxylic acids is 1. The number of pyridine rings is 1. The summed E-state index contributed by atoms with van der Waals surface area (Å²) in [4.78, 5) is 20.3. The van der Waals surface area contributed by atoms with Crippen LogP contribution in [0.15, 0.2) is 48.7 Å². The van der Waals surface area contributed by atoms with Gasteiger partial charge in [0.25, 0.3) is 0 Å². The highest BCUT2D eigenvalue weighted by Crippen LogP contribution is 2.21. The molecule has 5 nitrogen and oxygen atoms in total. The van der Waals surface area contributed by atoms with E-state index < -0.39 is 0 Å². The fourth-order valence-electron chi connectivity index (χ4n) is 1.89. The molecule has 2 heterocycles. The predicted molar refractivity (Wildman–Crippen MR) is 82.9 cm³/mol. The topological polar surface area (TPSA) is 66.9 Å². The summed E-state index contributed by atoms with van der Waals surface area (Å²) in [5, 5.41) is 6.46. The van der Waals surface area contributed by atoms with Crippen LogP contribution in [0.4, 0.5) is 4.79 Å². The van der Waals surface area contributed by atoms with Crippen LogP contribution in [-0.2, 0) is 13.1 Å². The first-order chi connectivity index (χ1) is 10.3. The molecule has 21 heavy (non-hydrogen) atoms. The van der Waals surface area contributed by atoms with Crippen LogP contribution < -0.4 is 10.6 Å². The predicted octanol–water partition coefficient (Wildman–Crippen LogP) is 2.69. The second kappa shape index (κ2) is 6.32. The van der Waals surface area contributed by atoms with Gasteiger partial charge in [-0.2, -0.15) is 0 Å². The molecule has 6 heteroatoms. The standard InChI is InChI=1S/C15H14N4OS/c20-15(17-9-11-5-3-4-8-16-11)18-10-14-19-12-6-1-2-7-13(12)21-14/h1-8H,9-10H2,(H2,17,18,20). The molecular formula is C15H14N4OS. The summed E-state index contributed by atoms with van der Waals surface area (Å²) >= 11 is 1.59. The fourth-order valence-corrected chi connectivity index (χ4v) is 2.79. The average Bonchev–Trinajstić information content (AvgIpc) is 2.95. The molecule has 106 valence electrons. The van der Waals surface area contributed by atoms with Crippen molar-refractivity contribution in [3.63, 3.8) is 0 Å². The molecule has 2 amide bonds. The Balaban J connectivity index is 1.51. The highest BCUT2D eigenvalue weighted by molar-refractivity contribution is 7.18. The van der Waals surface area contributed by atoms with E-state index in [0.29, 0.717) is 13.1 Å². The average molecular weight is 298 g/mol. The summed E-state index contributed by atoms with van der Waals surface area (Å²) < 4.78 is 1.13. The maximum atomic E-state index is 11.7. The summed E-state index contributed by atoms with van der Waals surface area (Å²) in [6.07, 6.45) is 1.70. The lowest BCUT2D eigenvalue weighted by atomic mass is 10.3.